The Hall–Kier alpha value is -3.41. The average molecular weight is 555 g/mol. The van der Waals surface area contributed by atoms with Gasteiger partial charge in [-0.1, -0.05) is 86.5 Å². The molecule has 1 aliphatic heterocycles. The Kier molecular flexibility index (Phi) is 8.43. The summed E-state index contributed by atoms with van der Waals surface area (Å²) in [5.41, 5.74) is 8.03. The highest BCUT2D eigenvalue weighted by Gasteiger charge is 2.22. The van der Waals surface area contributed by atoms with E-state index in [2.05, 4.69) is 87.2 Å². The van der Waals surface area contributed by atoms with Gasteiger partial charge in [-0.15, -0.1) is 0 Å². The first-order chi connectivity index (χ1) is 19.2. The van der Waals surface area contributed by atoms with Crippen LogP contribution in [-0.2, 0) is 23.2 Å². The molecule has 0 unspecified atom stereocenters. The summed E-state index contributed by atoms with van der Waals surface area (Å²) >= 11 is 6.13. The molecule has 4 aromatic rings. The molecule has 1 aliphatic rings. The highest BCUT2D eigenvalue weighted by atomic mass is 35.5. The molecule has 0 N–H and O–H groups in total. The van der Waals surface area contributed by atoms with Crippen molar-refractivity contribution in [2.45, 2.75) is 52.5 Å². The zero-order valence-corrected chi connectivity index (χ0v) is 24.8. The molecule has 0 radical (unpaired) electrons. The van der Waals surface area contributed by atoms with Crippen molar-refractivity contribution in [2.24, 2.45) is 0 Å². The molecule has 208 valence electrons. The average Bonchev–Trinajstić information content (AvgIpc) is 3.37. The Morgan fingerprint density at radius 3 is 2.15 bits per heavy atom. The van der Waals surface area contributed by atoms with Gasteiger partial charge in [0.05, 0.1) is 17.1 Å². The van der Waals surface area contributed by atoms with Crippen molar-refractivity contribution in [1.82, 2.24) is 19.6 Å². The standard InChI is InChI=1S/C34H39ClN4O/c1-25-5-9-27(10-6-25)32-23-30(36-39(32)31-16-13-29(35)14-17-31)15-18-33(40)38-21-19-37(20-22-38)24-26-7-11-28(12-8-26)34(2,3)4/h5-14,16-17,23H,15,18-22,24H2,1-4H3. The molecule has 0 atom stereocenters. The van der Waals surface area contributed by atoms with E-state index < -0.39 is 0 Å². The Bertz CT molecular complexity index is 1360. The molecule has 0 saturated carbocycles. The fourth-order valence-corrected chi connectivity index (χ4v) is 5.30. The number of carbonyl (C=O) groups is 1. The SMILES string of the molecule is Cc1ccc(-c2cc(CCC(=O)N3CCN(Cc4ccc(C(C)(C)C)cc4)CC3)nn2-c2ccc(Cl)cc2)cc1. The van der Waals surface area contributed by atoms with Crippen molar-refractivity contribution in [3.63, 3.8) is 0 Å². The summed E-state index contributed by atoms with van der Waals surface area (Å²) in [7, 11) is 0. The van der Waals surface area contributed by atoms with Gasteiger partial charge in [0.1, 0.15) is 0 Å². The molecule has 0 spiro atoms. The normalized spacial score (nSPS) is 14.5. The maximum atomic E-state index is 13.1. The Balaban J connectivity index is 1.19. The third-order valence-corrected chi connectivity index (χ3v) is 7.98. The lowest BCUT2D eigenvalue weighted by Gasteiger charge is -2.35. The van der Waals surface area contributed by atoms with Gasteiger partial charge >= 0.3 is 0 Å². The van der Waals surface area contributed by atoms with Crippen LogP contribution >= 0.6 is 11.6 Å². The summed E-state index contributed by atoms with van der Waals surface area (Å²) in [5, 5.41) is 5.59. The van der Waals surface area contributed by atoms with Crippen LogP contribution < -0.4 is 0 Å². The minimum atomic E-state index is 0.167. The molecule has 1 aromatic heterocycles. The number of piperazine rings is 1. The van der Waals surface area contributed by atoms with E-state index in [9.17, 15) is 4.79 Å². The monoisotopic (exact) mass is 554 g/mol. The molecular formula is C34H39ClN4O. The first kappa shape index (κ1) is 28.1. The van der Waals surface area contributed by atoms with Crippen LogP contribution in [0.4, 0.5) is 0 Å². The largest absolute Gasteiger partial charge is 0.340 e. The predicted molar refractivity (Wildman–Crippen MR) is 164 cm³/mol. The Labute approximate surface area is 243 Å². The second-order valence-corrected chi connectivity index (χ2v) is 12.3. The van der Waals surface area contributed by atoms with Gasteiger partial charge in [-0.3, -0.25) is 9.69 Å². The van der Waals surface area contributed by atoms with Crippen molar-refractivity contribution < 1.29 is 4.79 Å². The maximum Gasteiger partial charge on any atom is 0.223 e. The van der Waals surface area contributed by atoms with Crippen LogP contribution in [0.15, 0.2) is 78.9 Å². The van der Waals surface area contributed by atoms with Crippen LogP contribution in [0.5, 0.6) is 0 Å². The molecule has 1 fully saturated rings. The highest BCUT2D eigenvalue weighted by molar-refractivity contribution is 6.30. The van der Waals surface area contributed by atoms with Crippen molar-refractivity contribution in [2.75, 3.05) is 26.2 Å². The summed E-state index contributed by atoms with van der Waals surface area (Å²) < 4.78 is 1.95. The smallest absolute Gasteiger partial charge is 0.223 e. The maximum absolute atomic E-state index is 13.1. The van der Waals surface area contributed by atoms with Crippen LogP contribution in [0.2, 0.25) is 5.02 Å². The lowest BCUT2D eigenvalue weighted by atomic mass is 9.87. The number of carbonyl (C=O) groups excluding carboxylic acids is 1. The number of aromatic nitrogens is 2. The van der Waals surface area contributed by atoms with Gasteiger partial charge in [0, 0.05) is 56.2 Å². The first-order valence-corrected chi connectivity index (χ1v) is 14.5. The third-order valence-electron chi connectivity index (χ3n) is 7.72. The number of halogens is 1. The van der Waals surface area contributed by atoms with E-state index in [1.54, 1.807) is 0 Å². The van der Waals surface area contributed by atoms with Crippen LogP contribution in [0.1, 0.15) is 49.6 Å². The first-order valence-electron chi connectivity index (χ1n) is 14.2. The second-order valence-electron chi connectivity index (χ2n) is 11.9. The van der Waals surface area contributed by atoms with Crippen LogP contribution in [-0.4, -0.2) is 51.7 Å². The number of hydrogen-bond acceptors (Lipinski definition) is 3. The van der Waals surface area contributed by atoms with Gasteiger partial charge in [-0.2, -0.15) is 5.10 Å². The lowest BCUT2D eigenvalue weighted by Crippen LogP contribution is -2.48. The summed E-state index contributed by atoms with van der Waals surface area (Å²) in [6.07, 6.45) is 1.07. The summed E-state index contributed by atoms with van der Waals surface area (Å²) in [6.45, 7) is 13.1. The topological polar surface area (TPSA) is 41.4 Å². The van der Waals surface area contributed by atoms with Gasteiger partial charge in [-0.25, -0.2) is 4.68 Å². The van der Waals surface area contributed by atoms with E-state index >= 15 is 0 Å². The van der Waals surface area contributed by atoms with Crippen LogP contribution in [0.25, 0.3) is 16.9 Å². The summed E-state index contributed by atoms with van der Waals surface area (Å²) in [5.74, 6) is 0.201. The number of rotatable bonds is 7. The van der Waals surface area contributed by atoms with E-state index in [4.69, 9.17) is 16.7 Å². The van der Waals surface area contributed by atoms with Crippen LogP contribution in [0, 0.1) is 6.92 Å². The number of benzene rings is 3. The van der Waals surface area contributed by atoms with Gasteiger partial charge in [0.15, 0.2) is 0 Å². The fraction of sp³-hybridized carbons (Fsp3) is 0.353. The summed E-state index contributed by atoms with van der Waals surface area (Å²) in [4.78, 5) is 17.6. The van der Waals surface area contributed by atoms with Crippen LogP contribution in [0.3, 0.4) is 0 Å². The minimum Gasteiger partial charge on any atom is -0.340 e. The number of nitrogens with zero attached hydrogens (tertiary/aromatic N) is 4. The van der Waals surface area contributed by atoms with E-state index in [1.165, 1.54) is 16.7 Å². The molecule has 3 aromatic carbocycles. The quantitative estimate of drug-likeness (QED) is 0.245. The van der Waals surface area contributed by atoms with Crippen molar-refractivity contribution >= 4 is 17.5 Å². The highest BCUT2D eigenvalue weighted by Crippen LogP contribution is 2.26. The van der Waals surface area contributed by atoms with Gasteiger partial charge < -0.3 is 4.90 Å². The van der Waals surface area contributed by atoms with Gasteiger partial charge in [0.2, 0.25) is 5.91 Å². The minimum absolute atomic E-state index is 0.167. The molecule has 5 nitrogen and oxygen atoms in total. The third kappa shape index (κ3) is 6.83. The molecule has 0 aliphatic carbocycles. The van der Waals surface area contributed by atoms with E-state index in [0.29, 0.717) is 17.9 Å². The van der Waals surface area contributed by atoms with Crippen molar-refractivity contribution in [3.05, 3.63) is 106 Å². The zero-order chi connectivity index (χ0) is 28.3. The molecule has 2 heterocycles. The summed E-state index contributed by atoms with van der Waals surface area (Å²) in [6, 6.07) is 27.2. The molecule has 0 bridgehead atoms. The predicted octanol–water partition coefficient (Wildman–Crippen LogP) is 7.08. The molecule has 5 rings (SSSR count). The zero-order valence-electron chi connectivity index (χ0n) is 24.0. The van der Waals surface area contributed by atoms with Gasteiger partial charge in [0.25, 0.3) is 0 Å². The van der Waals surface area contributed by atoms with E-state index in [1.807, 2.05) is 33.8 Å². The second kappa shape index (κ2) is 12.0. The Morgan fingerprint density at radius 1 is 0.875 bits per heavy atom. The van der Waals surface area contributed by atoms with Crippen molar-refractivity contribution in [1.29, 1.82) is 0 Å². The molecule has 1 amide bonds. The number of hydrogen-bond donors (Lipinski definition) is 0. The molecule has 6 heteroatoms. The van der Waals surface area contributed by atoms with E-state index in [0.717, 1.165) is 55.4 Å². The van der Waals surface area contributed by atoms with Crippen molar-refractivity contribution in [3.8, 4) is 16.9 Å². The number of aryl methyl sites for hydroxylation is 2. The molecule has 40 heavy (non-hydrogen) atoms. The van der Waals surface area contributed by atoms with E-state index in [-0.39, 0.29) is 11.3 Å². The number of amides is 1. The fourth-order valence-electron chi connectivity index (χ4n) is 5.18. The Morgan fingerprint density at radius 2 is 1.52 bits per heavy atom. The van der Waals surface area contributed by atoms with Gasteiger partial charge in [-0.05, 0) is 53.8 Å². The molecular weight excluding hydrogens is 516 g/mol. The molecule has 1 saturated heterocycles. The lowest BCUT2D eigenvalue weighted by molar-refractivity contribution is -0.133.